The van der Waals surface area contributed by atoms with Crippen molar-refractivity contribution in [1.29, 1.82) is 0 Å². The summed E-state index contributed by atoms with van der Waals surface area (Å²) in [6.45, 7) is 5.61. The number of hydrogen-bond donors (Lipinski definition) is 0. The van der Waals surface area contributed by atoms with E-state index in [9.17, 15) is 4.79 Å². The van der Waals surface area contributed by atoms with Gasteiger partial charge < -0.3 is 9.42 Å². The molecule has 6 nitrogen and oxygen atoms in total. The molecule has 4 rings (SSSR count). The molecule has 1 saturated carbocycles. The van der Waals surface area contributed by atoms with Crippen molar-refractivity contribution >= 4 is 5.91 Å². The Kier molecular flexibility index (Phi) is 4.06. The number of rotatable bonds is 4. The van der Waals surface area contributed by atoms with Gasteiger partial charge in [0, 0.05) is 31.4 Å². The lowest BCUT2D eigenvalue weighted by Crippen LogP contribution is -2.35. The van der Waals surface area contributed by atoms with Crippen LogP contribution in [-0.2, 0) is 16.6 Å². The standard InChI is InChI=1S/C19H24N4O2/c1-13(2)17-21-18(25-22-17)19-7-3-6-15(19)11-23(12-19)16(24)9-14-5-4-8-20-10-14/h4-5,8,10,13,15H,3,6-7,9,11-12H2,1-2H3/t15-,19-/m1/s1. The molecule has 0 aromatic carbocycles. The van der Waals surface area contributed by atoms with Crippen molar-refractivity contribution in [2.24, 2.45) is 5.92 Å². The summed E-state index contributed by atoms with van der Waals surface area (Å²) in [7, 11) is 0. The van der Waals surface area contributed by atoms with Crippen LogP contribution in [0, 0.1) is 5.92 Å². The summed E-state index contributed by atoms with van der Waals surface area (Å²) in [4.78, 5) is 23.5. The summed E-state index contributed by atoms with van der Waals surface area (Å²) < 4.78 is 5.65. The maximum Gasteiger partial charge on any atom is 0.235 e. The molecule has 3 heterocycles. The van der Waals surface area contributed by atoms with Gasteiger partial charge in [0.05, 0.1) is 11.8 Å². The number of carbonyl (C=O) groups excluding carboxylic acids is 1. The third-order valence-corrected chi connectivity index (χ3v) is 5.69. The quantitative estimate of drug-likeness (QED) is 0.856. The van der Waals surface area contributed by atoms with E-state index in [1.165, 1.54) is 0 Å². The molecule has 132 valence electrons. The van der Waals surface area contributed by atoms with Crippen LogP contribution in [0.4, 0.5) is 0 Å². The molecule has 2 aliphatic rings. The first kappa shape index (κ1) is 16.2. The molecule has 0 N–H and O–H groups in total. The predicted octanol–water partition coefficient (Wildman–Crippen LogP) is 2.71. The average molecular weight is 340 g/mol. The normalized spacial score (nSPS) is 25.6. The maximum atomic E-state index is 12.8. The fourth-order valence-corrected chi connectivity index (χ4v) is 4.29. The number of pyridine rings is 1. The zero-order valence-electron chi connectivity index (χ0n) is 14.8. The lowest BCUT2D eigenvalue weighted by molar-refractivity contribution is -0.129. The highest BCUT2D eigenvalue weighted by Gasteiger charge is 2.55. The van der Waals surface area contributed by atoms with Gasteiger partial charge in [-0.3, -0.25) is 9.78 Å². The van der Waals surface area contributed by atoms with Gasteiger partial charge in [-0.1, -0.05) is 31.5 Å². The van der Waals surface area contributed by atoms with Crippen molar-refractivity contribution in [3.8, 4) is 0 Å². The van der Waals surface area contributed by atoms with Crippen LogP contribution in [-0.4, -0.2) is 39.0 Å². The largest absolute Gasteiger partial charge is 0.341 e. The SMILES string of the molecule is CC(C)c1noc([C@@]23CCC[C@@H]2CN(C(=O)Cc2cccnc2)C3)n1. The van der Waals surface area contributed by atoms with Crippen molar-refractivity contribution in [2.45, 2.75) is 50.9 Å². The van der Waals surface area contributed by atoms with E-state index in [2.05, 4.69) is 29.0 Å². The van der Waals surface area contributed by atoms with Gasteiger partial charge in [0.25, 0.3) is 0 Å². The summed E-state index contributed by atoms with van der Waals surface area (Å²) in [5, 5.41) is 4.16. The Balaban J connectivity index is 1.54. The average Bonchev–Trinajstić information content (AvgIpc) is 3.29. The minimum Gasteiger partial charge on any atom is -0.341 e. The van der Waals surface area contributed by atoms with Crippen LogP contribution in [0.25, 0.3) is 0 Å². The fraction of sp³-hybridized carbons (Fsp3) is 0.579. The number of fused-ring (bicyclic) bond motifs is 1. The maximum absolute atomic E-state index is 12.8. The van der Waals surface area contributed by atoms with Crippen LogP contribution in [0.2, 0.25) is 0 Å². The number of hydrogen-bond acceptors (Lipinski definition) is 5. The lowest BCUT2D eigenvalue weighted by Gasteiger charge is -2.24. The molecule has 1 amide bonds. The first-order valence-electron chi connectivity index (χ1n) is 9.09. The highest BCUT2D eigenvalue weighted by atomic mass is 16.5. The third-order valence-electron chi connectivity index (χ3n) is 5.69. The van der Waals surface area contributed by atoms with Crippen molar-refractivity contribution in [3.05, 3.63) is 41.8 Å². The van der Waals surface area contributed by atoms with Crippen LogP contribution >= 0.6 is 0 Å². The molecule has 1 aliphatic carbocycles. The van der Waals surface area contributed by atoms with E-state index < -0.39 is 0 Å². The molecule has 2 aromatic rings. The first-order valence-corrected chi connectivity index (χ1v) is 9.09. The summed E-state index contributed by atoms with van der Waals surface area (Å²) in [6.07, 6.45) is 7.19. The second-order valence-electron chi connectivity index (χ2n) is 7.67. The van der Waals surface area contributed by atoms with E-state index in [1.807, 2.05) is 17.0 Å². The summed E-state index contributed by atoms with van der Waals surface area (Å²) in [5.74, 6) is 2.32. The van der Waals surface area contributed by atoms with E-state index in [-0.39, 0.29) is 17.2 Å². The van der Waals surface area contributed by atoms with Gasteiger partial charge in [-0.05, 0) is 30.4 Å². The minimum absolute atomic E-state index is 0.148. The van der Waals surface area contributed by atoms with Crippen LogP contribution in [0.1, 0.15) is 56.3 Å². The summed E-state index contributed by atoms with van der Waals surface area (Å²) in [6, 6.07) is 3.82. The summed E-state index contributed by atoms with van der Waals surface area (Å²) >= 11 is 0. The molecule has 2 aromatic heterocycles. The highest BCUT2D eigenvalue weighted by molar-refractivity contribution is 5.79. The molecule has 25 heavy (non-hydrogen) atoms. The number of aromatic nitrogens is 3. The van der Waals surface area contributed by atoms with Gasteiger partial charge in [-0.2, -0.15) is 4.98 Å². The molecule has 0 bridgehead atoms. The molecule has 1 saturated heterocycles. The van der Waals surface area contributed by atoms with Gasteiger partial charge >= 0.3 is 0 Å². The van der Waals surface area contributed by atoms with Crippen LogP contribution in [0.5, 0.6) is 0 Å². The van der Waals surface area contributed by atoms with Gasteiger partial charge in [-0.25, -0.2) is 0 Å². The topological polar surface area (TPSA) is 72.1 Å². The van der Waals surface area contributed by atoms with Gasteiger partial charge in [0.1, 0.15) is 0 Å². The third kappa shape index (κ3) is 2.83. The van der Waals surface area contributed by atoms with Crippen molar-refractivity contribution in [2.75, 3.05) is 13.1 Å². The van der Waals surface area contributed by atoms with Crippen LogP contribution in [0.15, 0.2) is 29.0 Å². The Labute approximate surface area is 147 Å². The lowest BCUT2D eigenvalue weighted by atomic mass is 9.80. The van der Waals surface area contributed by atoms with Gasteiger partial charge in [0.15, 0.2) is 5.82 Å². The Morgan fingerprint density at radius 2 is 2.36 bits per heavy atom. The zero-order chi connectivity index (χ0) is 17.4. The first-order chi connectivity index (χ1) is 12.1. The van der Waals surface area contributed by atoms with E-state index >= 15 is 0 Å². The zero-order valence-corrected chi connectivity index (χ0v) is 14.8. The van der Waals surface area contributed by atoms with E-state index in [0.29, 0.717) is 18.9 Å². The molecule has 0 radical (unpaired) electrons. The Bertz CT molecular complexity index is 758. The van der Waals surface area contributed by atoms with E-state index in [1.54, 1.807) is 12.4 Å². The number of carbonyl (C=O) groups is 1. The minimum atomic E-state index is -0.148. The predicted molar refractivity (Wildman–Crippen MR) is 91.9 cm³/mol. The molecule has 2 fully saturated rings. The number of likely N-dealkylation sites (tertiary alicyclic amines) is 1. The second kappa shape index (κ2) is 6.24. The van der Waals surface area contributed by atoms with Gasteiger partial charge in [0.2, 0.25) is 11.8 Å². The Hall–Kier alpha value is -2.24. The molecule has 2 atom stereocenters. The monoisotopic (exact) mass is 340 g/mol. The second-order valence-corrected chi connectivity index (χ2v) is 7.67. The molecule has 0 unspecified atom stereocenters. The van der Waals surface area contributed by atoms with E-state index in [4.69, 9.17) is 4.52 Å². The van der Waals surface area contributed by atoms with Crippen molar-refractivity contribution in [3.63, 3.8) is 0 Å². The fourth-order valence-electron chi connectivity index (χ4n) is 4.29. The molecule has 6 heteroatoms. The Morgan fingerprint density at radius 3 is 3.08 bits per heavy atom. The molecular formula is C19H24N4O2. The number of amides is 1. The summed E-state index contributed by atoms with van der Waals surface area (Å²) in [5.41, 5.74) is 0.809. The highest BCUT2D eigenvalue weighted by Crippen LogP contribution is 2.50. The van der Waals surface area contributed by atoms with Gasteiger partial charge in [-0.15, -0.1) is 0 Å². The number of nitrogens with zero attached hydrogens (tertiary/aromatic N) is 4. The van der Waals surface area contributed by atoms with Crippen molar-refractivity contribution < 1.29 is 9.32 Å². The molecular weight excluding hydrogens is 316 g/mol. The smallest absolute Gasteiger partial charge is 0.235 e. The Morgan fingerprint density at radius 1 is 1.48 bits per heavy atom. The van der Waals surface area contributed by atoms with E-state index in [0.717, 1.165) is 43.1 Å². The van der Waals surface area contributed by atoms with Crippen molar-refractivity contribution in [1.82, 2.24) is 20.0 Å². The van der Waals surface area contributed by atoms with Crippen LogP contribution < -0.4 is 0 Å². The molecule has 1 aliphatic heterocycles. The van der Waals surface area contributed by atoms with Crippen LogP contribution in [0.3, 0.4) is 0 Å². The molecule has 0 spiro atoms.